The second-order valence-electron chi connectivity index (χ2n) is 9.04. The summed E-state index contributed by atoms with van der Waals surface area (Å²) in [6, 6.07) is 11.3. The fourth-order valence-corrected chi connectivity index (χ4v) is 4.77. The van der Waals surface area contributed by atoms with Crippen molar-refractivity contribution in [2.45, 2.75) is 38.8 Å². The highest BCUT2D eigenvalue weighted by Crippen LogP contribution is 2.33. The topological polar surface area (TPSA) is 82.0 Å². The third-order valence-corrected chi connectivity index (χ3v) is 6.78. The summed E-state index contributed by atoms with van der Waals surface area (Å²) in [7, 11) is 4.73. The monoisotopic (exact) mass is 493 g/mol. The SMILES string of the molecule is CCCCCn1cc(C(=O)N2CCNC(c3cccc(OC)c3)C2)c2cc(OC)c(OC)cc2c1=O. The number of aromatic nitrogens is 1. The van der Waals surface area contributed by atoms with Gasteiger partial charge in [-0.3, -0.25) is 9.59 Å². The largest absolute Gasteiger partial charge is 0.497 e. The molecule has 192 valence electrons. The van der Waals surface area contributed by atoms with Gasteiger partial charge in [-0.15, -0.1) is 0 Å². The number of methoxy groups -OCH3 is 3. The summed E-state index contributed by atoms with van der Waals surface area (Å²) in [5.74, 6) is 1.62. The van der Waals surface area contributed by atoms with Gasteiger partial charge >= 0.3 is 0 Å². The molecule has 1 N–H and O–H groups in total. The zero-order chi connectivity index (χ0) is 25.7. The van der Waals surface area contributed by atoms with Crippen LogP contribution in [0.4, 0.5) is 0 Å². The summed E-state index contributed by atoms with van der Waals surface area (Å²) in [6.07, 6.45) is 4.65. The van der Waals surface area contributed by atoms with E-state index in [2.05, 4.69) is 12.2 Å². The van der Waals surface area contributed by atoms with E-state index >= 15 is 0 Å². The lowest BCUT2D eigenvalue weighted by Gasteiger charge is -2.34. The number of rotatable bonds is 9. The first kappa shape index (κ1) is 25.6. The number of benzene rings is 2. The Kier molecular flexibility index (Phi) is 8.15. The molecule has 0 aliphatic carbocycles. The lowest BCUT2D eigenvalue weighted by Crippen LogP contribution is -2.48. The Morgan fingerprint density at radius 3 is 2.47 bits per heavy atom. The molecule has 1 amide bonds. The van der Waals surface area contributed by atoms with Gasteiger partial charge in [0.1, 0.15) is 5.75 Å². The summed E-state index contributed by atoms with van der Waals surface area (Å²) in [6.45, 7) is 4.43. The fourth-order valence-electron chi connectivity index (χ4n) is 4.77. The first-order chi connectivity index (χ1) is 17.5. The fraction of sp³-hybridized carbons (Fsp3) is 0.429. The van der Waals surface area contributed by atoms with E-state index < -0.39 is 0 Å². The highest BCUT2D eigenvalue weighted by molar-refractivity contribution is 6.07. The Balaban J connectivity index is 1.74. The standard InChI is InChI=1S/C28H35N3O5/c1-5-6-7-12-30-17-23(21-15-25(35-3)26(36-4)16-22(21)27(30)32)28(33)31-13-11-29-24(18-31)19-9-8-10-20(14-19)34-2/h8-10,14-17,24,29H,5-7,11-13,18H2,1-4H3. The highest BCUT2D eigenvalue weighted by atomic mass is 16.5. The number of amides is 1. The van der Waals surface area contributed by atoms with E-state index in [1.54, 1.807) is 37.1 Å². The van der Waals surface area contributed by atoms with Gasteiger partial charge in [0, 0.05) is 37.8 Å². The quantitative estimate of drug-likeness (QED) is 0.454. The summed E-state index contributed by atoms with van der Waals surface area (Å²) in [4.78, 5) is 29.2. The van der Waals surface area contributed by atoms with Crippen molar-refractivity contribution in [3.05, 3.63) is 64.1 Å². The lowest BCUT2D eigenvalue weighted by molar-refractivity contribution is 0.0704. The van der Waals surface area contributed by atoms with Crippen LogP contribution in [0, 0.1) is 0 Å². The summed E-state index contributed by atoms with van der Waals surface area (Å²) in [5.41, 5.74) is 1.43. The number of aryl methyl sites for hydroxylation is 1. The number of piperazine rings is 1. The Morgan fingerprint density at radius 2 is 1.78 bits per heavy atom. The lowest BCUT2D eigenvalue weighted by atomic mass is 10.0. The number of fused-ring (bicyclic) bond motifs is 1. The van der Waals surface area contributed by atoms with Crippen LogP contribution in [-0.2, 0) is 6.54 Å². The number of ether oxygens (including phenoxy) is 3. The number of carbonyl (C=O) groups excluding carboxylic acids is 1. The zero-order valence-corrected chi connectivity index (χ0v) is 21.5. The van der Waals surface area contributed by atoms with Crippen molar-refractivity contribution in [2.24, 2.45) is 0 Å². The molecule has 8 nitrogen and oxygen atoms in total. The third-order valence-electron chi connectivity index (χ3n) is 6.78. The van der Waals surface area contributed by atoms with Gasteiger partial charge in [0.15, 0.2) is 11.5 Å². The minimum absolute atomic E-state index is 0.0193. The first-order valence-corrected chi connectivity index (χ1v) is 12.5. The molecule has 0 radical (unpaired) electrons. The molecule has 8 heteroatoms. The zero-order valence-electron chi connectivity index (χ0n) is 21.5. The number of nitrogens with zero attached hydrogens (tertiary/aromatic N) is 2. The van der Waals surface area contributed by atoms with Crippen molar-refractivity contribution >= 4 is 16.7 Å². The first-order valence-electron chi connectivity index (χ1n) is 12.5. The molecule has 0 spiro atoms. The van der Waals surface area contributed by atoms with Crippen LogP contribution in [-0.4, -0.2) is 56.3 Å². The molecule has 3 aromatic rings. The summed E-state index contributed by atoms with van der Waals surface area (Å²) < 4.78 is 18.0. The predicted octanol–water partition coefficient (Wildman–Crippen LogP) is 4.00. The molecule has 0 bridgehead atoms. The Morgan fingerprint density at radius 1 is 1.03 bits per heavy atom. The molecule has 1 atom stereocenters. The molecular weight excluding hydrogens is 458 g/mol. The molecule has 1 unspecified atom stereocenters. The smallest absolute Gasteiger partial charge is 0.258 e. The van der Waals surface area contributed by atoms with Gasteiger partial charge in [0.2, 0.25) is 0 Å². The maximum Gasteiger partial charge on any atom is 0.258 e. The van der Waals surface area contributed by atoms with E-state index in [0.29, 0.717) is 54.0 Å². The molecule has 1 aliphatic heterocycles. The van der Waals surface area contributed by atoms with Gasteiger partial charge in [-0.25, -0.2) is 0 Å². The average Bonchev–Trinajstić information content (AvgIpc) is 2.93. The number of hydrogen-bond acceptors (Lipinski definition) is 6. The third kappa shape index (κ3) is 5.18. The number of pyridine rings is 1. The van der Waals surface area contributed by atoms with Crippen LogP contribution in [0.2, 0.25) is 0 Å². The average molecular weight is 494 g/mol. The molecule has 0 saturated carbocycles. The van der Waals surface area contributed by atoms with Crippen molar-refractivity contribution in [2.75, 3.05) is 41.0 Å². The van der Waals surface area contributed by atoms with Gasteiger partial charge in [0.25, 0.3) is 11.5 Å². The molecule has 1 aromatic heterocycles. The van der Waals surface area contributed by atoms with Gasteiger partial charge < -0.3 is 29.0 Å². The van der Waals surface area contributed by atoms with Gasteiger partial charge in [-0.05, 0) is 36.2 Å². The van der Waals surface area contributed by atoms with Crippen molar-refractivity contribution in [3.8, 4) is 17.2 Å². The number of nitrogens with one attached hydrogen (secondary N) is 1. The van der Waals surface area contributed by atoms with Gasteiger partial charge in [-0.1, -0.05) is 31.9 Å². The van der Waals surface area contributed by atoms with Crippen LogP contribution in [0.3, 0.4) is 0 Å². The predicted molar refractivity (Wildman–Crippen MR) is 140 cm³/mol. The van der Waals surface area contributed by atoms with E-state index in [1.807, 2.05) is 29.2 Å². The molecule has 2 heterocycles. The van der Waals surface area contributed by atoms with E-state index in [1.165, 1.54) is 7.11 Å². The maximum absolute atomic E-state index is 13.9. The molecule has 36 heavy (non-hydrogen) atoms. The summed E-state index contributed by atoms with van der Waals surface area (Å²) >= 11 is 0. The Hall–Kier alpha value is -3.52. The Bertz CT molecular complexity index is 1290. The van der Waals surface area contributed by atoms with Crippen LogP contribution in [0.1, 0.15) is 48.1 Å². The number of hydrogen-bond donors (Lipinski definition) is 1. The molecule has 4 rings (SSSR count). The molecule has 2 aromatic carbocycles. The van der Waals surface area contributed by atoms with E-state index in [0.717, 1.165) is 30.6 Å². The minimum atomic E-state index is -0.131. The second kappa shape index (κ2) is 11.5. The number of unbranched alkanes of at least 4 members (excludes halogenated alkanes) is 2. The van der Waals surface area contributed by atoms with E-state index in [-0.39, 0.29) is 17.5 Å². The van der Waals surface area contributed by atoms with Crippen LogP contribution in [0.5, 0.6) is 17.2 Å². The van der Waals surface area contributed by atoms with Crippen LogP contribution >= 0.6 is 0 Å². The number of carbonyl (C=O) groups is 1. The molecule has 1 saturated heterocycles. The highest BCUT2D eigenvalue weighted by Gasteiger charge is 2.28. The van der Waals surface area contributed by atoms with Crippen molar-refractivity contribution < 1.29 is 19.0 Å². The summed E-state index contributed by atoms with van der Waals surface area (Å²) in [5, 5.41) is 4.54. The van der Waals surface area contributed by atoms with Crippen LogP contribution in [0.25, 0.3) is 10.8 Å². The molecule has 1 aliphatic rings. The van der Waals surface area contributed by atoms with Gasteiger partial charge in [-0.2, -0.15) is 0 Å². The minimum Gasteiger partial charge on any atom is -0.497 e. The molecule has 1 fully saturated rings. The van der Waals surface area contributed by atoms with E-state index in [9.17, 15) is 9.59 Å². The molecular formula is C28H35N3O5. The maximum atomic E-state index is 13.9. The Labute approximate surface area is 211 Å². The van der Waals surface area contributed by atoms with E-state index in [4.69, 9.17) is 14.2 Å². The van der Waals surface area contributed by atoms with Crippen molar-refractivity contribution in [1.82, 2.24) is 14.8 Å². The van der Waals surface area contributed by atoms with Crippen LogP contribution in [0.15, 0.2) is 47.4 Å². The van der Waals surface area contributed by atoms with Crippen molar-refractivity contribution in [1.29, 1.82) is 0 Å². The normalized spacial score (nSPS) is 15.7. The second-order valence-corrected chi connectivity index (χ2v) is 9.04. The van der Waals surface area contributed by atoms with Crippen molar-refractivity contribution in [3.63, 3.8) is 0 Å². The van der Waals surface area contributed by atoms with Gasteiger partial charge in [0.05, 0.1) is 38.3 Å². The van der Waals surface area contributed by atoms with Crippen LogP contribution < -0.4 is 25.1 Å².